The molecule has 7 N–H and O–H groups in total. The number of aliphatic hydroxyl groups excluding tert-OH is 2. The van der Waals surface area contributed by atoms with E-state index in [1.165, 1.54) is 0 Å². The lowest BCUT2D eigenvalue weighted by molar-refractivity contribution is -0.0670. The van der Waals surface area contributed by atoms with Crippen LogP contribution in [0, 0.1) is 0 Å². The van der Waals surface area contributed by atoms with Crippen molar-refractivity contribution in [2.75, 3.05) is 5.73 Å². The molecule has 68 valence electrons. The zero-order valence-corrected chi connectivity index (χ0v) is 5.97. The third kappa shape index (κ3) is 1.53. The highest BCUT2D eigenvalue weighted by molar-refractivity contribution is 5.27. The van der Waals surface area contributed by atoms with E-state index >= 15 is 0 Å². The summed E-state index contributed by atoms with van der Waals surface area (Å²) < 4.78 is 0. The second-order valence-corrected chi connectivity index (χ2v) is 2.17. The van der Waals surface area contributed by atoms with Crippen LogP contribution in [0.3, 0.4) is 0 Å². The lowest BCUT2D eigenvalue weighted by atomic mass is 10.3. The average Bonchev–Trinajstić information content (AvgIpc) is 2.31. The largest absolute Gasteiger partial charge is 0.369 e. The first-order chi connectivity index (χ1) is 5.52. The Morgan fingerprint density at radius 2 is 1.75 bits per heavy atom. The van der Waals surface area contributed by atoms with Crippen molar-refractivity contribution in [2.24, 2.45) is 0 Å². The van der Waals surface area contributed by atoms with E-state index in [0.29, 0.717) is 0 Å². The molecule has 0 fully saturated rings. The zero-order chi connectivity index (χ0) is 9.30. The Bertz CT molecular complexity index is 244. The van der Waals surface area contributed by atoms with Gasteiger partial charge in [-0.3, -0.25) is 0 Å². The van der Waals surface area contributed by atoms with E-state index < -0.39 is 12.6 Å². The molecular formula is C5H9N3O4. The van der Waals surface area contributed by atoms with Crippen molar-refractivity contribution in [1.29, 1.82) is 0 Å². The smallest absolute Gasteiger partial charge is 0.198 e. The van der Waals surface area contributed by atoms with Crippen molar-refractivity contribution in [3.63, 3.8) is 0 Å². The van der Waals surface area contributed by atoms with Gasteiger partial charge in [0.25, 0.3) is 0 Å². The van der Waals surface area contributed by atoms with Gasteiger partial charge in [0.1, 0.15) is 11.4 Å². The molecular weight excluding hydrogens is 166 g/mol. The molecule has 0 saturated heterocycles. The van der Waals surface area contributed by atoms with Gasteiger partial charge in [-0.2, -0.15) is 0 Å². The van der Waals surface area contributed by atoms with Crippen molar-refractivity contribution in [3.8, 4) is 0 Å². The van der Waals surface area contributed by atoms with Gasteiger partial charge in [-0.05, 0) is 0 Å². The fraction of sp³-hybridized carbons (Fsp3) is 0.400. The Morgan fingerprint density at radius 1 is 1.17 bits per heavy atom. The Balaban J connectivity index is 3.08. The van der Waals surface area contributed by atoms with E-state index in [4.69, 9.17) is 26.2 Å². The van der Waals surface area contributed by atoms with E-state index in [1.807, 2.05) is 0 Å². The van der Waals surface area contributed by atoms with Crippen molar-refractivity contribution in [3.05, 3.63) is 11.4 Å². The van der Waals surface area contributed by atoms with Crippen LogP contribution >= 0.6 is 0 Å². The highest BCUT2D eigenvalue weighted by atomic mass is 16.5. The lowest BCUT2D eigenvalue weighted by Crippen LogP contribution is -2.04. The number of imidazole rings is 1. The van der Waals surface area contributed by atoms with E-state index in [2.05, 4.69) is 9.97 Å². The maximum absolute atomic E-state index is 8.67. The summed E-state index contributed by atoms with van der Waals surface area (Å²) in [5.74, 6) is -0.110. The zero-order valence-electron chi connectivity index (χ0n) is 5.97. The summed E-state index contributed by atoms with van der Waals surface area (Å²) in [4.78, 5) is 5.71. The molecule has 0 spiro atoms. The Morgan fingerprint density at radius 3 is 2.08 bits per heavy atom. The number of nitrogens with two attached hydrogens (primary N) is 1. The van der Waals surface area contributed by atoms with Crippen LogP contribution in [0.4, 0.5) is 5.95 Å². The molecule has 0 unspecified atom stereocenters. The minimum Gasteiger partial charge on any atom is -0.369 e. The second kappa shape index (κ2) is 3.07. The van der Waals surface area contributed by atoms with E-state index in [9.17, 15) is 0 Å². The van der Waals surface area contributed by atoms with Gasteiger partial charge in [0.05, 0.1) is 0 Å². The summed E-state index contributed by atoms with van der Waals surface area (Å²) in [5.41, 5.74) is 4.63. The quantitative estimate of drug-likeness (QED) is 0.286. The molecule has 7 heteroatoms. The number of rotatable bonds is 2. The molecule has 0 radical (unpaired) electrons. The van der Waals surface area contributed by atoms with Crippen LogP contribution in [0.2, 0.25) is 0 Å². The lowest BCUT2D eigenvalue weighted by Gasteiger charge is -2.04. The second-order valence-electron chi connectivity index (χ2n) is 2.17. The van der Waals surface area contributed by atoms with Crippen LogP contribution in [-0.4, -0.2) is 30.4 Å². The number of hydrogen-bond acceptors (Lipinski definition) is 6. The van der Waals surface area contributed by atoms with Crippen LogP contribution in [0.15, 0.2) is 0 Å². The number of nitrogens with zero attached hydrogens (tertiary/aromatic N) is 1. The highest BCUT2D eigenvalue weighted by Crippen LogP contribution is 2.19. The molecule has 0 aliphatic rings. The van der Waals surface area contributed by atoms with E-state index in [1.54, 1.807) is 0 Å². The summed E-state index contributed by atoms with van der Waals surface area (Å²) in [5, 5.41) is 34.7. The molecule has 1 rings (SSSR count). The maximum atomic E-state index is 8.67. The van der Waals surface area contributed by atoms with Gasteiger partial charge in [0.2, 0.25) is 0 Å². The van der Waals surface area contributed by atoms with Crippen molar-refractivity contribution in [2.45, 2.75) is 12.6 Å². The summed E-state index contributed by atoms with van der Waals surface area (Å²) in [6, 6.07) is 0. The van der Waals surface area contributed by atoms with E-state index in [0.717, 1.165) is 0 Å². The molecule has 7 nitrogen and oxygen atoms in total. The van der Waals surface area contributed by atoms with Gasteiger partial charge in [0.15, 0.2) is 18.5 Å². The first-order valence-electron chi connectivity index (χ1n) is 3.10. The molecule has 1 aromatic rings. The fourth-order valence-electron chi connectivity index (χ4n) is 0.814. The summed E-state index contributed by atoms with van der Waals surface area (Å²) >= 11 is 0. The first kappa shape index (κ1) is 8.94. The maximum Gasteiger partial charge on any atom is 0.198 e. The van der Waals surface area contributed by atoms with Crippen molar-refractivity contribution >= 4 is 5.95 Å². The molecule has 0 amide bonds. The predicted octanol–water partition coefficient (Wildman–Crippen LogP) is -2.04. The summed E-state index contributed by atoms with van der Waals surface area (Å²) in [6.45, 7) is 0. The Kier molecular flexibility index (Phi) is 2.29. The number of hydrogen-bond donors (Lipinski definition) is 6. The number of nitrogen functional groups attached to an aromatic ring is 1. The minimum atomic E-state index is -1.88. The molecule has 0 aliphatic carbocycles. The van der Waals surface area contributed by atoms with Crippen LogP contribution < -0.4 is 5.73 Å². The van der Waals surface area contributed by atoms with Crippen molar-refractivity contribution in [1.82, 2.24) is 9.97 Å². The standard InChI is InChI=1S/C5H9N3O4/c6-5-7-1(3(9)10)2(8-5)4(11)12/h3-4,9-12H,(H3,6,7,8). The number of nitrogens with one attached hydrogen (secondary N) is 1. The van der Waals surface area contributed by atoms with E-state index in [-0.39, 0.29) is 17.3 Å². The fourth-order valence-corrected chi connectivity index (χ4v) is 0.814. The van der Waals surface area contributed by atoms with Crippen LogP contribution in [0.1, 0.15) is 24.0 Å². The molecule has 12 heavy (non-hydrogen) atoms. The van der Waals surface area contributed by atoms with Crippen molar-refractivity contribution < 1.29 is 20.4 Å². The number of aromatic amines is 1. The SMILES string of the molecule is Nc1nc(C(O)O)c(C(O)O)[nH]1. The Labute approximate surface area is 67.1 Å². The number of aliphatic hydroxyl groups is 4. The third-order valence-electron chi connectivity index (χ3n) is 1.28. The molecule has 0 atom stereocenters. The molecule has 1 heterocycles. The minimum absolute atomic E-state index is 0.110. The van der Waals surface area contributed by atoms with Gasteiger partial charge in [-0.1, -0.05) is 0 Å². The average molecular weight is 175 g/mol. The van der Waals surface area contributed by atoms with Gasteiger partial charge in [-0.25, -0.2) is 4.98 Å². The van der Waals surface area contributed by atoms with Gasteiger partial charge in [-0.15, -0.1) is 0 Å². The predicted molar refractivity (Wildman–Crippen MR) is 37.4 cm³/mol. The highest BCUT2D eigenvalue weighted by Gasteiger charge is 2.19. The van der Waals surface area contributed by atoms with Crippen LogP contribution in [-0.2, 0) is 0 Å². The summed E-state index contributed by atoms with van der Waals surface area (Å²) in [7, 11) is 0. The van der Waals surface area contributed by atoms with Gasteiger partial charge >= 0.3 is 0 Å². The van der Waals surface area contributed by atoms with Gasteiger partial charge < -0.3 is 31.1 Å². The van der Waals surface area contributed by atoms with Crippen LogP contribution in [0.25, 0.3) is 0 Å². The molecule has 0 saturated carbocycles. The molecule has 0 aromatic carbocycles. The Hall–Kier alpha value is -1.15. The summed E-state index contributed by atoms with van der Waals surface area (Å²) in [6.07, 6.45) is -3.73. The number of anilines is 1. The topological polar surface area (TPSA) is 136 Å². The first-order valence-corrected chi connectivity index (χ1v) is 3.10. The molecule has 0 aliphatic heterocycles. The van der Waals surface area contributed by atoms with Gasteiger partial charge in [0, 0.05) is 0 Å². The third-order valence-corrected chi connectivity index (χ3v) is 1.28. The monoisotopic (exact) mass is 175 g/mol. The molecule has 0 bridgehead atoms. The number of aromatic nitrogens is 2. The number of H-pyrrole nitrogens is 1. The molecule has 1 aromatic heterocycles. The normalized spacial score (nSPS) is 11.5. The van der Waals surface area contributed by atoms with Crippen LogP contribution in [0.5, 0.6) is 0 Å².